The molecule has 0 aromatic rings. The predicted octanol–water partition coefficient (Wildman–Crippen LogP) is 3.15. The third-order valence-corrected chi connectivity index (χ3v) is 1.21. The molecule has 0 aliphatic heterocycles. The summed E-state index contributed by atoms with van der Waals surface area (Å²) in [6, 6.07) is 0. The van der Waals surface area contributed by atoms with Crippen LogP contribution >= 0.6 is 0 Å². The molecule has 92 valence electrons. The van der Waals surface area contributed by atoms with Gasteiger partial charge in [0.1, 0.15) is 0 Å². The Kier molecular flexibility index (Phi) is 4.75. The first-order valence-electron chi connectivity index (χ1n) is 3.58. The summed E-state index contributed by atoms with van der Waals surface area (Å²) in [5.41, 5.74) is 0. The van der Waals surface area contributed by atoms with E-state index in [4.69, 9.17) is 0 Å². The minimum absolute atomic E-state index is 1.19. The minimum atomic E-state index is -5.80. The van der Waals surface area contributed by atoms with Crippen molar-refractivity contribution in [2.75, 3.05) is 6.61 Å². The van der Waals surface area contributed by atoms with E-state index < -0.39 is 37.9 Å². The van der Waals surface area contributed by atoms with Crippen molar-refractivity contribution in [3.8, 4) is 0 Å². The average Bonchev–Trinajstić information content (AvgIpc) is 2.00. The van der Waals surface area contributed by atoms with E-state index in [1.54, 1.807) is 0 Å². The monoisotopic (exact) mass is 246 g/mol. The summed E-state index contributed by atoms with van der Waals surface area (Å²) < 4.78 is 96.7. The van der Waals surface area contributed by atoms with Crippen molar-refractivity contribution < 1.29 is 39.9 Å². The quantitative estimate of drug-likeness (QED) is 0.677. The van der Waals surface area contributed by atoms with Gasteiger partial charge in [-0.25, -0.2) is 13.2 Å². The minimum Gasteiger partial charge on any atom is -0.318 e. The van der Waals surface area contributed by atoms with E-state index in [2.05, 4.69) is 4.74 Å². The van der Waals surface area contributed by atoms with Crippen molar-refractivity contribution in [3.63, 3.8) is 0 Å². The molecule has 1 nitrogen and oxygen atoms in total. The molecule has 1 atom stereocenters. The summed E-state index contributed by atoms with van der Waals surface area (Å²) in [7, 11) is 0. The average molecular weight is 246 g/mol. The van der Waals surface area contributed by atoms with Crippen LogP contribution in [0.2, 0.25) is 0 Å². The second-order valence-corrected chi connectivity index (χ2v) is 2.49. The summed E-state index contributed by atoms with van der Waals surface area (Å²) >= 11 is 0. The van der Waals surface area contributed by atoms with Crippen LogP contribution in [-0.2, 0) is 4.74 Å². The first kappa shape index (κ1) is 14.4. The molecule has 0 aliphatic rings. The van der Waals surface area contributed by atoms with Gasteiger partial charge in [0.2, 0.25) is 6.43 Å². The maximum absolute atomic E-state index is 12.2. The van der Waals surface area contributed by atoms with Gasteiger partial charge in [-0.3, -0.25) is 0 Å². The molecule has 0 radical (unpaired) electrons. The molecule has 0 bridgehead atoms. The lowest BCUT2D eigenvalue weighted by Crippen LogP contribution is -2.43. The van der Waals surface area contributed by atoms with Gasteiger partial charge in [-0.1, -0.05) is 0 Å². The number of hydrogen-bond acceptors (Lipinski definition) is 1. The fraction of sp³-hybridized carbons (Fsp3) is 1.00. The lowest BCUT2D eigenvalue weighted by atomic mass is 10.3. The van der Waals surface area contributed by atoms with Gasteiger partial charge in [-0.15, -0.1) is 0 Å². The smallest absolute Gasteiger partial charge is 0.318 e. The molecule has 0 heterocycles. The van der Waals surface area contributed by atoms with Gasteiger partial charge in [-0.2, -0.15) is 22.0 Å². The van der Waals surface area contributed by atoms with Crippen LogP contribution in [0.15, 0.2) is 0 Å². The van der Waals surface area contributed by atoms with Crippen LogP contribution < -0.4 is 0 Å². The Bertz CT molecular complexity index is 188. The number of hydrogen-bond donors (Lipinski definition) is 0. The Morgan fingerprint density at radius 3 is 1.73 bits per heavy atom. The van der Waals surface area contributed by atoms with E-state index in [1.807, 2.05) is 0 Å². The van der Waals surface area contributed by atoms with Crippen LogP contribution in [0.1, 0.15) is 6.42 Å². The highest BCUT2D eigenvalue weighted by molar-refractivity contribution is 4.75. The van der Waals surface area contributed by atoms with E-state index in [0.717, 1.165) is 0 Å². The van der Waals surface area contributed by atoms with Crippen molar-refractivity contribution >= 4 is 0 Å². The molecule has 15 heavy (non-hydrogen) atoms. The summed E-state index contributed by atoms with van der Waals surface area (Å²) in [6.07, 6.45) is -19.7. The van der Waals surface area contributed by atoms with Crippen LogP contribution in [-0.4, -0.2) is 31.5 Å². The van der Waals surface area contributed by atoms with E-state index in [0.29, 0.717) is 0 Å². The number of halogens is 8. The molecule has 0 aromatic carbocycles. The van der Waals surface area contributed by atoms with Gasteiger partial charge in [0.15, 0.2) is 0 Å². The van der Waals surface area contributed by atoms with E-state index >= 15 is 0 Å². The normalized spacial score (nSPS) is 15.8. The molecule has 0 aromatic heterocycles. The molecular formula is C6H6F8O. The van der Waals surface area contributed by atoms with Crippen LogP contribution in [0.4, 0.5) is 35.1 Å². The standard InChI is InChI=1S/C6H6F8O/c7-3(8)1-2-15-6(13,14)4(9)5(10,11)12/h3-4H,1-2H2. The molecule has 0 N–H and O–H groups in total. The van der Waals surface area contributed by atoms with E-state index in [9.17, 15) is 35.1 Å². The number of alkyl halides is 8. The Labute approximate surface area is 79.0 Å². The zero-order chi connectivity index (χ0) is 12.3. The lowest BCUT2D eigenvalue weighted by molar-refractivity contribution is -0.336. The van der Waals surface area contributed by atoms with Gasteiger partial charge < -0.3 is 4.74 Å². The van der Waals surface area contributed by atoms with Crippen LogP contribution in [0.3, 0.4) is 0 Å². The predicted molar refractivity (Wildman–Crippen MR) is 32.5 cm³/mol. The summed E-state index contributed by atoms with van der Waals surface area (Å²) in [4.78, 5) is 0. The third-order valence-electron chi connectivity index (χ3n) is 1.21. The highest BCUT2D eigenvalue weighted by Crippen LogP contribution is 2.35. The fourth-order valence-corrected chi connectivity index (χ4v) is 0.548. The van der Waals surface area contributed by atoms with Gasteiger partial charge in [0, 0.05) is 6.42 Å². The largest absolute Gasteiger partial charge is 0.428 e. The lowest BCUT2D eigenvalue weighted by Gasteiger charge is -2.22. The topological polar surface area (TPSA) is 9.23 Å². The third kappa shape index (κ3) is 5.14. The molecule has 0 amide bonds. The maximum atomic E-state index is 12.2. The van der Waals surface area contributed by atoms with E-state index in [-0.39, 0.29) is 0 Å². The second kappa shape index (κ2) is 4.95. The summed E-state index contributed by atoms with van der Waals surface area (Å²) in [5, 5.41) is 0. The summed E-state index contributed by atoms with van der Waals surface area (Å²) in [5.74, 6) is 0. The highest BCUT2D eigenvalue weighted by atomic mass is 19.4. The van der Waals surface area contributed by atoms with Gasteiger partial charge in [-0.05, 0) is 0 Å². The molecular weight excluding hydrogens is 240 g/mol. The second-order valence-electron chi connectivity index (χ2n) is 2.49. The van der Waals surface area contributed by atoms with Gasteiger partial charge in [0.25, 0.3) is 6.17 Å². The van der Waals surface area contributed by atoms with Crippen molar-refractivity contribution in [1.82, 2.24) is 0 Å². The molecule has 0 fully saturated rings. The van der Waals surface area contributed by atoms with Gasteiger partial charge in [0.05, 0.1) is 6.61 Å². The first-order valence-corrected chi connectivity index (χ1v) is 3.58. The Morgan fingerprint density at radius 1 is 0.933 bits per heavy atom. The van der Waals surface area contributed by atoms with Crippen molar-refractivity contribution in [2.24, 2.45) is 0 Å². The molecule has 0 rings (SSSR count). The van der Waals surface area contributed by atoms with Crippen molar-refractivity contribution in [3.05, 3.63) is 0 Å². The van der Waals surface area contributed by atoms with E-state index in [1.165, 1.54) is 0 Å². The van der Waals surface area contributed by atoms with Crippen molar-refractivity contribution in [2.45, 2.75) is 31.3 Å². The zero-order valence-corrected chi connectivity index (χ0v) is 7.00. The van der Waals surface area contributed by atoms with Crippen LogP contribution in [0, 0.1) is 0 Å². The zero-order valence-electron chi connectivity index (χ0n) is 7.00. The Balaban J connectivity index is 4.17. The number of rotatable bonds is 5. The molecule has 9 heteroatoms. The molecule has 1 unspecified atom stereocenters. The Morgan fingerprint density at radius 2 is 1.40 bits per heavy atom. The number of ether oxygens (including phenoxy) is 1. The Hall–Kier alpha value is -0.600. The van der Waals surface area contributed by atoms with Crippen LogP contribution in [0.5, 0.6) is 0 Å². The molecule has 0 aliphatic carbocycles. The first-order chi connectivity index (χ1) is 6.57. The highest BCUT2D eigenvalue weighted by Gasteiger charge is 2.58. The molecule has 0 spiro atoms. The maximum Gasteiger partial charge on any atom is 0.428 e. The fourth-order valence-electron chi connectivity index (χ4n) is 0.548. The molecule has 0 saturated carbocycles. The van der Waals surface area contributed by atoms with Gasteiger partial charge >= 0.3 is 12.3 Å². The van der Waals surface area contributed by atoms with Crippen molar-refractivity contribution in [1.29, 1.82) is 0 Å². The summed E-state index contributed by atoms with van der Waals surface area (Å²) in [6.45, 7) is -1.36. The molecule has 0 saturated heterocycles. The SMILES string of the molecule is FC(F)CCOC(F)(F)C(F)C(F)(F)F. The van der Waals surface area contributed by atoms with Crippen LogP contribution in [0.25, 0.3) is 0 Å².